The van der Waals surface area contributed by atoms with Crippen LogP contribution in [0.5, 0.6) is 0 Å². The molecule has 4 nitrogen and oxygen atoms in total. The smallest absolute Gasteiger partial charge is 0.251 e. The Bertz CT molecular complexity index is 355. The van der Waals surface area contributed by atoms with Gasteiger partial charge >= 0.3 is 0 Å². The summed E-state index contributed by atoms with van der Waals surface area (Å²) in [7, 11) is 0. The van der Waals surface area contributed by atoms with Crippen LogP contribution in [0.4, 0.5) is 0 Å². The van der Waals surface area contributed by atoms with Gasteiger partial charge in [0.1, 0.15) is 5.82 Å². The van der Waals surface area contributed by atoms with Gasteiger partial charge in [0.2, 0.25) is 0 Å². The first-order valence-electron chi connectivity index (χ1n) is 4.50. The Morgan fingerprint density at radius 2 is 2.38 bits per heavy atom. The molecule has 2 rings (SSSR count). The molecule has 13 heavy (non-hydrogen) atoms. The zero-order valence-electron chi connectivity index (χ0n) is 7.29. The number of aliphatic hydroxyl groups excluding tert-OH is 1. The normalized spacial score (nSPS) is 17.0. The summed E-state index contributed by atoms with van der Waals surface area (Å²) in [4.78, 5) is 18.0. The zero-order chi connectivity index (χ0) is 9.26. The maximum atomic E-state index is 11.1. The summed E-state index contributed by atoms with van der Waals surface area (Å²) in [5.41, 5.74) is 0.298. The van der Waals surface area contributed by atoms with Gasteiger partial charge in [-0.15, -0.1) is 0 Å². The van der Waals surface area contributed by atoms with Gasteiger partial charge < -0.3 is 10.1 Å². The molecule has 0 unspecified atom stereocenters. The molecule has 0 saturated heterocycles. The molecule has 0 aromatic carbocycles. The SMILES string of the molecule is O=c1cc(CO)nc(C2CCC2)[nH]1. The Balaban J connectivity index is 2.34. The zero-order valence-corrected chi connectivity index (χ0v) is 7.29. The van der Waals surface area contributed by atoms with Gasteiger partial charge in [-0.3, -0.25) is 4.79 Å². The number of H-pyrrole nitrogens is 1. The molecular formula is C9H12N2O2. The van der Waals surface area contributed by atoms with Crippen LogP contribution in [0.15, 0.2) is 10.9 Å². The van der Waals surface area contributed by atoms with Crippen molar-refractivity contribution in [2.75, 3.05) is 0 Å². The quantitative estimate of drug-likeness (QED) is 0.697. The Labute approximate surface area is 75.6 Å². The van der Waals surface area contributed by atoms with Crippen molar-refractivity contribution in [3.63, 3.8) is 0 Å². The summed E-state index contributed by atoms with van der Waals surface area (Å²) < 4.78 is 0. The molecule has 1 fully saturated rings. The van der Waals surface area contributed by atoms with Crippen molar-refractivity contribution >= 4 is 0 Å². The van der Waals surface area contributed by atoms with E-state index in [4.69, 9.17) is 5.11 Å². The van der Waals surface area contributed by atoms with Crippen LogP contribution in [0.2, 0.25) is 0 Å². The first-order chi connectivity index (χ1) is 6.29. The third kappa shape index (κ3) is 1.62. The van der Waals surface area contributed by atoms with E-state index >= 15 is 0 Å². The Kier molecular flexibility index (Phi) is 2.14. The van der Waals surface area contributed by atoms with E-state index in [1.807, 2.05) is 0 Å². The molecular weight excluding hydrogens is 168 g/mol. The van der Waals surface area contributed by atoms with Gasteiger partial charge in [0.05, 0.1) is 12.3 Å². The third-order valence-electron chi connectivity index (χ3n) is 2.47. The summed E-state index contributed by atoms with van der Waals surface area (Å²) in [6, 6.07) is 1.34. The summed E-state index contributed by atoms with van der Waals surface area (Å²) in [6.07, 6.45) is 3.40. The maximum Gasteiger partial charge on any atom is 0.251 e. The van der Waals surface area contributed by atoms with E-state index in [0.29, 0.717) is 11.6 Å². The van der Waals surface area contributed by atoms with Gasteiger partial charge in [0.15, 0.2) is 0 Å². The Morgan fingerprint density at radius 1 is 1.62 bits per heavy atom. The topological polar surface area (TPSA) is 66.0 Å². The number of rotatable bonds is 2. The lowest BCUT2D eigenvalue weighted by molar-refractivity contribution is 0.274. The van der Waals surface area contributed by atoms with Crippen LogP contribution in [0.1, 0.15) is 36.7 Å². The largest absolute Gasteiger partial charge is 0.390 e. The monoisotopic (exact) mass is 180 g/mol. The van der Waals surface area contributed by atoms with Crippen molar-refractivity contribution in [1.82, 2.24) is 9.97 Å². The molecule has 1 aliphatic carbocycles. The van der Waals surface area contributed by atoms with Gasteiger partial charge in [-0.2, -0.15) is 0 Å². The van der Waals surface area contributed by atoms with E-state index in [2.05, 4.69) is 9.97 Å². The van der Waals surface area contributed by atoms with Crippen LogP contribution >= 0.6 is 0 Å². The first kappa shape index (κ1) is 8.44. The van der Waals surface area contributed by atoms with Gasteiger partial charge in [-0.1, -0.05) is 6.42 Å². The van der Waals surface area contributed by atoms with Crippen molar-refractivity contribution in [3.05, 3.63) is 27.9 Å². The van der Waals surface area contributed by atoms with Crippen molar-refractivity contribution in [3.8, 4) is 0 Å². The molecule has 70 valence electrons. The second kappa shape index (κ2) is 3.30. The highest BCUT2D eigenvalue weighted by molar-refractivity contribution is 5.07. The van der Waals surface area contributed by atoms with E-state index < -0.39 is 0 Å². The Hall–Kier alpha value is -1.16. The van der Waals surface area contributed by atoms with Crippen LogP contribution in [-0.2, 0) is 6.61 Å². The molecule has 4 heteroatoms. The summed E-state index contributed by atoms with van der Waals surface area (Å²) in [5, 5.41) is 8.84. The van der Waals surface area contributed by atoms with E-state index in [1.165, 1.54) is 12.5 Å². The number of hydrogen-bond acceptors (Lipinski definition) is 3. The first-order valence-corrected chi connectivity index (χ1v) is 4.50. The molecule has 1 heterocycles. The second-order valence-corrected chi connectivity index (χ2v) is 3.41. The fourth-order valence-corrected chi connectivity index (χ4v) is 1.48. The lowest BCUT2D eigenvalue weighted by Crippen LogP contribution is -2.19. The van der Waals surface area contributed by atoms with Crippen molar-refractivity contribution in [1.29, 1.82) is 0 Å². The maximum absolute atomic E-state index is 11.1. The van der Waals surface area contributed by atoms with Crippen molar-refractivity contribution in [2.24, 2.45) is 0 Å². The molecule has 1 aromatic rings. The molecule has 0 spiro atoms. The molecule has 0 amide bonds. The molecule has 0 atom stereocenters. The average Bonchev–Trinajstić information content (AvgIpc) is 2.00. The Morgan fingerprint density at radius 3 is 2.92 bits per heavy atom. The lowest BCUT2D eigenvalue weighted by atomic mass is 9.85. The summed E-state index contributed by atoms with van der Waals surface area (Å²) >= 11 is 0. The standard InChI is InChI=1S/C9H12N2O2/c12-5-7-4-8(13)11-9(10-7)6-2-1-3-6/h4,6,12H,1-3,5H2,(H,10,11,13). The number of aliphatic hydroxyl groups is 1. The number of nitrogens with zero attached hydrogens (tertiary/aromatic N) is 1. The fourth-order valence-electron chi connectivity index (χ4n) is 1.48. The lowest BCUT2D eigenvalue weighted by Gasteiger charge is -2.24. The summed E-state index contributed by atoms with van der Waals surface area (Å²) in [5.74, 6) is 1.14. The van der Waals surface area contributed by atoms with Gasteiger partial charge in [-0.25, -0.2) is 4.98 Å². The minimum absolute atomic E-state index is 0.163. The minimum atomic E-state index is -0.166. The van der Waals surface area contributed by atoms with E-state index in [0.717, 1.165) is 18.7 Å². The number of nitrogens with one attached hydrogen (secondary N) is 1. The molecule has 0 bridgehead atoms. The molecule has 1 aliphatic rings. The van der Waals surface area contributed by atoms with Crippen LogP contribution < -0.4 is 5.56 Å². The highest BCUT2D eigenvalue weighted by Crippen LogP contribution is 2.33. The molecule has 0 radical (unpaired) electrons. The van der Waals surface area contributed by atoms with Crippen LogP contribution in [-0.4, -0.2) is 15.1 Å². The molecule has 2 N–H and O–H groups in total. The second-order valence-electron chi connectivity index (χ2n) is 3.41. The average molecular weight is 180 g/mol. The predicted molar refractivity (Wildman–Crippen MR) is 47.4 cm³/mol. The van der Waals surface area contributed by atoms with E-state index in [9.17, 15) is 4.79 Å². The predicted octanol–water partition coefficient (Wildman–Crippen LogP) is 0.530. The van der Waals surface area contributed by atoms with Crippen LogP contribution in [0.3, 0.4) is 0 Å². The number of hydrogen-bond donors (Lipinski definition) is 2. The van der Waals surface area contributed by atoms with Gasteiger partial charge in [0.25, 0.3) is 5.56 Å². The van der Waals surface area contributed by atoms with E-state index in [-0.39, 0.29) is 12.2 Å². The molecule has 0 aliphatic heterocycles. The van der Waals surface area contributed by atoms with Gasteiger partial charge in [-0.05, 0) is 12.8 Å². The number of aromatic amines is 1. The highest BCUT2D eigenvalue weighted by atomic mass is 16.3. The summed E-state index contributed by atoms with van der Waals surface area (Å²) in [6.45, 7) is -0.163. The van der Waals surface area contributed by atoms with Gasteiger partial charge in [0, 0.05) is 12.0 Å². The molecule has 1 saturated carbocycles. The van der Waals surface area contributed by atoms with Crippen LogP contribution in [0, 0.1) is 0 Å². The highest BCUT2D eigenvalue weighted by Gasteiger charge is 2.21. The third-order valence-corrected chi connectivity index (χ3v) is 2.47. The minimum Gasteiger partial charge on any atom is -0.390 e. The van der Waals surface area contributed by atoms with Crippen molar-refractivity contribution < 1.29 is 5.11 Å². The van der Waals surface area contributed by atoms with Crippen molar-refractivity contribution in [2.45, 2.75) is 31.8 Å². The van der Waals surface area contributed by atoms with E-state index in [1.54, 1.807) is 0 Å². The molecule has 1 aromatic heterocycles. The fraction of sp³-hybridized carbons (Fsp3) is 0.556. The van der Waals surface area contributed by atoms with Crippen LogP contribution in [0.25, 0.3) is 0 Å². The number of aromatic nitrogens is 2.